The molecule has 14 heavy (non-hydrogen) atoms. The van der Waals surface area contributed by atoms with Crippen molar-refractivity contribution in [3.63, 3.8) is 0 Å². The first-order valence-electron chi connectivity index (χ1n) is 4.15. The standard InChI is InChI=1S/C10H8N4/c1-2-9(6-11-3-1)7-14-10-8-12-4-5-13-10/h1-8H. The fraction of sp³-hybridized carbons (Fsp3) is 0. The smallest absolute Gasteiger partial charge is 0.170 e. The largest absolute Gasteiger partial charge is 0.264 e. The molecule has 2 aromatic rings. The zero-order valence-electron chi connectivity index (χ0n) is 7.41. The van der Waals surface area contributed by atoms with E-state index in [1.165, 1.54) is 0 Å². The number of aromatic nitrogens is 3. The van der Waals surface area contributed by atoms with Gasteiger partial charge in [-0.25, -0.2) is 9.98 Å². The van der Waals surface area contributed by atoms with Gasteiger partial charge in [0.1, 0.15) is 0 Å². The van der Waals surface area contributed by atoms with Crippen LogP contribution in [0.25, 0.3) is 0 Å². The van der Waals surface area contributed by atoms with E-state index in [2.05, 4.69) is 19.9 Å². The third kappa shape index (κ3) is 2.20. The third-order valence-corrected chi connectivity index (χ3v) is 1.58. The fourth-order valence-corrected chi connectivity index (χ4v) is 0.951. The molecule has 0 radical (unpaired) electrons. The molecule has 0 saturated carbocycles. The summed E-state index contributed by atoms with van der Waals surface area (Å²) >= 11 is 0. The van der Waals surface area contributed by atoms with Crippen LogP contribution in [0.5, 0.6) is 0 Å². The average molecular weight is 184 g/mol. The van der Waals surface area contributed by atoms with Crippen molar-refractivity contribution in [2.45, 2.75) is 0 Å². The van der Waals surface area contributed by atoms with Crippen LogP contribution >= 0.6 is 0 Å². The molecule has 0 bridgehead atoms. The SMILES string of the molecule is C(=Nc1cnccn1)c1cccnc1. The van der Waals surface area contributed by atoms with Crippen molar-refractivity contribution < 1.29 is 0 Å². The molecule has 0 atom stereocenters. The predicted octanol–water partition coefficient (Wildman–Crippen LogP) is 1.62. The van der Waals surface area contributed by atoms with Gasteiger partial charge in [0, 0.05) is 36.6 Å². The molecule has 68 valence electrons. The van der Waals surface area contributed by atoms with Gasteiger partial charge in [0.2, 0.25) is 0 Å². The van der Waals surface area contributed by atoms with Crippen molar-refractivity contribution >= 4 is 12.0 Å². The summed E-state index contributed by atoms with van der Waals surface area (Å²) in [5.41, 5.74) is 0.943. The minimum Gasteiger partial charge on any atom is -0.264 e. The van der Waals surface area contributed by atoms with Gasteiger partial charge in [-0.3, -0.25) is 9.97 Å². The van der Waals surface area contributed by atoms with Gasteiger partial charge in [0.25, 0.3) is 0 Å². The summed E-state index contributed by atoms with van der Waals surface area (Å²) < 4.78 is 0. The molecule has 0 saturated heterocycles. The Hall–Kier alpha value is -2.10. The van der Waals surface area contributed by atoms with E-state index in [1.807, 2.05) is 12.1 Å². The molecule has 0 aliphatic rings. The first kappa shape index (κ1) is 8.50. The summed E-state index contributed by atoms with van der Waals surface area (Å²) in [6, 6.07) is 3.78. The Morgan fingerprint density at radius 2 is 2.00 bits per heavy atom. The van der Waals surface area contributed by atoms with Crippen LogP contribution in [0, 0.1) is 0 Å². The van der Waals surface area contributed by atoms with Crippen LogP contribution in [-0.2, 0) is 0 Å². The zero-order valence-corrected chi connectivity index (χ0v) is 7.41. The Labute approximate surface area is 81.4 Å². The van der Waals surface area contributed by atoms with Gasteiger partial charge in [-0.15, -0.1) is 0 Å². The van der Waals surface area contributed by atoms with Gasteiger partial charge in [-0.05, 0) is 6.07 Å². The lowest BCUT2D eigenvalue weighted by atomic mass is 10.3. The van der Waals surface area contributed by atoms with Crippen LogP contribution in [0.15, 0.2) is 48.1 Å². The molecule has 4 nitrogen and oxygen atoms in total. The number of nitrogens with zero attached hydrogens (tertiary/aromatic N) is 4. The summed E-state index contributed by atoms with van der Waals surface area (Å²) in [5.74, 6) is 0.594. The van der Waals surface area contributed by atoms with E-state index in [4.69, 9.17) is 0 Å². The second-order valence-electron chi connectivity index (χ2n) is 2.61. The highest BCUT2D eigenvalue weighted by Crippen LogP contribution is 2.02. The molecule has 0 N–H and O–H groups in total. The highest BCUT2D eigenvalue weighted by Gasteiger charge is 1.87. The van der Waals surface area contributed by atoms with Gasteiger partial charge in [-0.1, -0.05) is 6.07 Å². The lowest BCUT2D eigenvalue weighted by Crippen LogP contribution is -1.82. The van der Waals surface area contributed by atoms with Crippen molar-refractivity contribution in [2.24, 2.45) is 4.99 Å². The fourth-order valence-electron chi connectivity index (χ4n) is 0.951. The number of aliphatic imine (C=N–C) groups is 1. The summed E-state index contributed by atoms with van der Waals surface area (Å²) in [5, 5.41) is 0. The molecular weight excluding hydrogens is 176 g/mol. The monoisotopic (exact) mass is 184 g/mol. The van der Waals surface area contributed by atoms with Crippen molar-refractivity contribution in [1.29, 1.82) is 0 Å². The van der Waals surface area contributed by atoms with Gasteiger partial charge in [0.15, 0.2) is 5.82 Å². The summed E-state index contributed by atoms with van der Waals surface area (Å²) in [6.07, 6.45) is 9.99. The minimum atomic E-state index is 0.594. The number of rotatable bonds is 2. The maximum atomic E-state index is 4.14. The first-order valence-corrected chi connectivity index (χ1v) is 4.15. The van der Waals surface area contributed by atoms with Crippen LogP contribution < -0.4 is 0 Å². The molecule has 0 spiro atoms. The third-order valence-electron chi connectivity index (χ3n) is 1.58. The Morgan fingerprint density at radius 1 is 1.07 bits per heavy atom. The van der Waals surface area contributed by atoms with Crippen molar-refractivity contribution in [3.8, 4) is 0 Å². The Balaban J connectivity index is 2.16. The lowest BCUT2D eigenvalue weighted by molar-refractivity contribution is 1.18. The second kappa shape index (κ2) is 4.23. The Kier molecular flexibility index (Phi) is 2.56. The predicted molar refractivity (Wildman–Crippen MR) is 53.5 cm³/mol. The van der Waals surface area contributed by atoms with Crippen LogP contribution in [0.4, 0.5) is 5.82 Å². The summed E-state index contributed by atoms with van der Waals surface area (Å²) in [6.45, 7) is 0. The quantitative estimate of drug-likeness (QED) is 0.666. The highest BCUT2D eigenvalue weighted by molar-refractivity contribution is 5.80. The van der Waals surface area contributed by atoms with E-state index in [-0.39, 0.29) is 0 Å². The van der Waals surface area contributed by atoms with E-state index in [0.717, 1.165) is 5.56 Å². The molecule has 0 aliphatic carbocycles. The molecular formula is C10H8N4. The van der Waals surface area contributed by atoms with Crippen LogP contribution in [-0.4, -0.2) is 21.2 Å². The van der Waals surface area contributed by atoms with E-state index in [0.29, 0.717) is 5.82 Å². The van der Waals surface area contributed by atoms with E-state index < -0.39 is 0 Å². The van der Waals surface area contributed by atoms with Gasteiger partial charge in [0.05, 0.1) is 6.20 Å². The number of hydrogen-bond donors (Lipinski definition) is 0. The highest BCUT2D eigenvalue weighted by atomic mass is 14.9. The summed E-state index contributed by atoms with van der Waals surface area (Å²) in [7, 11) is 0. The molecule has 0 amide bonds. The summed E-state index contributed by atoms with van der Waals surface area (Å²) in [4.78, 5) is 16.0. The van der Waals surface area contributed by atoms with Crippen molar-refractivity contribution in [3.05, 3.63) is 48.7 Å². The molecule has 0 aromatic carbocycles. The van der Waals surface area contributed by atoms with Crippen LogP contribution in [0.2, 0.25) is 0 Å². The average Bonchev–Trinajstić information content (AvgIpc) is 2.29. The van der Waals surface area contributed by atoms with Gasteiger partial charge in [-0.2, -0.15) is 0 Å². The zero-order chi connectivity index (χ0) is 9.64. The van der Waals surface area contributed by atoms with Gasteiger partial charge < -0.3 is 0 Å². The lowest BCUT2D eigenvalue weighted by Gasteiger charge is -1.90. The maximum absolute atomic E-state index is 4.14. The number of hydrogen-bond acceptors (Lipinski definition) is 4. The minimum absolute atomic E-state index is 0.594. The molecule has 0 unspecified atom stereocenters. The molecule has 2 rings (SSSR count). The maximum Gasteiger partial charge on any atom is 0.170 e. The molecule has 4 heteroatoms. The topological polar surface area (TPSA) is 51.0 Å². The number of pyridine rings is 1. The van der Waals surface area contributed by atoms with E-state index >= 15 is 0 Å². The Bertz CT molecular complexity index is 369. The van der Waals surface area contributed by atoms with Gasteiger partial charge >= 0.3 is 0 Å². The van der Waals surface area contributed by atoms with Crippen molar-refractivity contribution in [1.82, 2.24) is 15.0 Å². The first-order chi connectivity index (χ1) is 6.95. The van der Waals surface area contributed by atoms with Crippen molar-refractivity contribution in [2.75, 3.05) is 0 Å². The second-order valence-corrected chi connectivity index (χ2v) is 2.61. The van der Waals surface area contributed by atoms with Crippen LogP contribution in [0.3, 0.4) is 0 Å². The van der Waals surface area contributed by atoms with Crippen LogP contribution in [0.1, 0.15) is 5.56 Å². The molecule has 2 heterocycles. The van der Waals surface area contributed by atoms with E-state index in [1.54, 1.807) is 37.2 Å². The normalized spacial score (nSPS) is 10.6. The molecule has 2 aromatic heterocycles. The van der Waals surface area contributed by atoms with E-state index in [9.17, 15) is 0 Å². The Morgan fingerprint density at radius 3 is 2.71 bits per heavy atom. The molecule has 0 aliphatic heterocycles. The molecule has 0 fully saturated rings.